The predicted octanol–water partition coefficient (Wildman–Crippen LogP) is 25.6. The molecule has 0 amide bonds. The number of fused-ring (bicyclic) bond motifs is 12. The van der Waals surface area contributed by atoms with Crippen molar-refractivity contribution in [3.63, 3.8) is 0 Å². The summed E-state index contributed by atoms with van der Waals surface area (Å²) in [4.78, 5) is 18.6. The van der Waals surface area contributed by atoms with Crippen LogP contribution in [0.25, 0.3) is 188 Å². The Labute approximate surface area is 624 Å². The molecule has 0 N–H and O–H groups in total. The van der Waals surface area contributed by atoms with Crippen molar-refractivity contribution in [1.29, 1.82) is 0 Å². The molecule has 18 aromatic rings. The smallest absolute Gasteiger partial charge is 0.399 e. The molecule has 0 saturated carbocycles. The highest BCUT2D eigenvalue weighted by atomic mass is 79.9. The standard InChI is InChI=1S/C46H28N2.C40H33BO2.C12H7BrN2/c1-3-10-29(11-4-1)39-28-38(30-19-21-31(22-20-30)40-26-25-35-24-23-34-16-9-27-47-45(34)46(35)48-40)42(33-12-5-2-6-13-33)44-37-18-8-15-32-14-7-17-36(41(32)37)43(39)44;1-39(2)40(3,4)43-41(42-39)30-23-21-27(22-24-30)33-25-34(26-13-7-5-8-14-26)37-31-19-11-17-28-18-12-20-32(35(28)31)38(37)36(33)29-15-9-6-10-16-29;13-10-6-5-9-4-3-8-2-1-7-14-11(8)12(9)15-10/h1-28H;5-25H,1-4H3;1-7H. The molecule has 0 unspecified atom stereocenters. The van der Waals surface area contributed by atoms with Crippen molar-refractivity contribution in [3.8, 4) is 123 Å². The predicted molar refractivity (Wildman–Crippen MR) is 446 cm³/mol. The fourth-order valence-electron chi connectivity index (χ4n) is 16.1. The van der Waals surface area contributed by atoms with E-state index in [1.54, 1.807) is 6.20 Å². The normalized spacial score (nSPS) is 13.4. The fraction of sp³-hybridized carbons (Fsp3) is 0.0612. The maximum absolute atomic E-state index is 6.37. The largest absolute Gasteiger partial charge is 0.494 e. The van der Waals surface area contributed by atoms with E-state index < -0.39 is 0 Å². The maximum Gasteiger partial charge on any atom is 0.494 e. The van der Waals surface area contributed by atoms with E-state index in [1.165, 1.54) is 133 Å². The topological polar surface area (TPSA) is 70.0 Å². The molecule has 21 rings (SSSR count). The Balaban J connectivity index is 0.000000122. The zero-order valence-electron chi connectivity index (χ0n) is 58.9. The van der Waals surface area contributed by atoms with Crippen molar-refractivity contribution >= 4 is 93.7 Å². The lowest BCUT2D eigenvalue weighted by Gasteiger charge is -2.32. The second-order valence-corrected chi connectivity index (χ2v) is 29.4. The summed E-state index contributed by atoms with van der Waals surface area (Å²) in [6.07, 6.45) is 3.64. The number of pyridine rings is 4. The van der Waals surface area contributed by atoms with Crippen molar-refractivity contribution in [2.45, 2.75) is 38.9 Å². The van der Waals surface area contributed by atoms with Gasteiger partial charge in [0.2, 0.25) is 0 Å². The monoisotopic (exact) mass is 1420 g/mol. The molecule has 502 valence electrons. The second-order valence-electron chi connectivity index (χ2n) is 28.6. The Morgan fingerprint density at radius 1 is 0.264 bits per heavy atom. The summed E-state index contributed by atoms with van der Waals surface area (Å²) >= 11 is 3.38. The summed E-state index contributed by atoms with van der Waals surface area (Å²) in [7, 11) is -0.389. The highest BCUT2D eigenvalue weighted by molar-refractivity contribution is 9.10. The lowest BCUT2D eigenvalue weighted by molar-refractivity contribution is 0.00578. The van der Waals surface area contributed by atoms with Gasteiger partial charge in [0.15, 0.2) is 0 Å². The molecule has 8 heteroatoms. The Morgan fingerprint density at radius 2 is 0.604 bits per heavy atom. The zero-order chi connectivity index (χ0) is 71.2. The van der Waals surface area contributed by atoms with Crippen LogP contribution in [0.1, 0.15) is 27.7 Å². The minimum atomic E-state index is -0.389. The van der Waals surface area contributed by atoms with E-state index in [9.17, 15) is 0 Å². The zero-order valence-corrected chi connectivity index (χ0v) is 60.5. The van der Waals surface area contributed by atoms with Gasteiger partial charge in [0.25, 0.3) is 0 Å². The molecule has 14 aromatic carbocycles. The lowest BCUT2D eigenvalue weighted by atomic mass is 9.77. The molecule has 0 atom stereocenters. The third kappa shape index (κ3) is 11.1. The van der Waals surface area contributed by atoms with Crippen molar-refractivity contribution in [2.75, 3.05) is 0 Å². The maximum atomic E-state index is 6.37. The molecule has 3 aliphatic rings. The molecule has 1 fully saturated rings. The molecule has 5 heterocycles. The number of halogens is 1. The summed E-state index contributed by atoms with van der Waals surface area (Å²) in [6, 6.07) is 117. The van der Waals surface area contributed by atoms with E-state index in [2.05, 4.69) is 356 Å². The molecule has 0 radical (unpaired) electrons. The van der Waals surface area contributed by atoms with Gasteiger partial charge >= 0.3 is 7.12 Å². The van der Waals surface area contributed by atoms with Gasteiger partial charge < -0.3 is 9.31 Å². The van der Waals surface area contributed by atoms with Crippen LogP contribution in [0.2, 0.25) is 0 Å². The van der Waals surface area contributed by atoms with Gasteiger partial charge in [0, 0.05) is 39.5 Å². The summed E-state index contributed by atoms with van der Waals surface area (Å²) in [5.41, 5.74) is 31.2. The van der Waals surface area contributed by atoms with Crippen LogP contribution in [0.15, 0.2) is 345 Å². The van der Waals surface area contributed by atoms with Crippen LogP contribution in [0, 0.1) is 0 Å². The van der Waals surface area contributed by atoms with Gasteiger partial charge in [-0.2, -0.15) is 0 Å². The van der Waals surface area contributed by atoms with Crippen LogP contribution in [-0.4, -0.2) is 38.3 Å². The number of benzene rings is 14. The molecular weight excluding hydrogens is 1360 g/mol. The summed E-state index contributed by atoms with van der Waals surface area (Å²) in [5, 5.41) is 9.65. The van der Waals surface area contributed by atoms with Crippen LogP contribution in [-0.2, 0) is 9.31 Å². The van der Waals surface area contributed by atoms with Crippen LogP contribution in [0.3, 0.4) is 0 Å². The van der Waals surface area contributed by atoms with E-state index in [0.717, 1.165) is 64.9 Å². The van der Waals surface area contributed by atoms with Crippen molar-refractivity contribution in [2.24, 2.45) is 0 Å². The molecule has 1 aliphatic heterocycles. The van der Waals surface area contributed by atoms with Gasteiger partial charge in [-0.3, -0.25) is 9.97 Å². The van der Waals surface area contributed by atoms with Crippen molar-refractivity contribution < 1.29 is 9.31 Å². The van der Waals surface area contributed by atoms with Crippen molar-refractivity contribution in [3.05, 3.63) is 345 Å². The van der Waals surface area contributed by atoms with Gasteiger partial charge in [0.05, 0.1) is 39.0 Å². The number of aromatic nitrogens is 4. The van der Waals surface area contributed by atoms with E-state index in [4.69, 9.17) is 14.3 Å². The van der Waals surface area contributed by atoms with E-state index >= 15 is 0 Å². The summed E-state index contributed by atoms with van der Waals surface area (Å²) in [5.74, 6) is 0. The molecule has 0 spiro atoms. The van der Waals surface area contributed by atoms with E-state index in [0.29, 0.717) is 0 Å². The molecular formula is C98H68BBrN4O2. The number of rotatable bonds is 8. The van der Waals surface area contributed by atoms with Gasteiger partial charge in [-0.15, -0.1) is 0 Å². The average Bonchev–Trinajstić information content (AvgIpc) is 1.55. The first-order valence-corrected chi connectivity index (χ1v) is 37.0. The lowest BCUT2D eigenvalue weighted by Crippen LogP contribution is -2.41. The average molecular weight is 1420 g/mol. The first-order valence-electron chi connectivity index (χ1n) is 36.2. The molecule has 2 aliphatic carbocycles. The van der Waals surface area contributed by atoms with Gasteiger partial charge in [0.1, 0.15) is 4.60 Å². The van der Waals surface area contributed by atoms with Crippen molar-refractivity contribution in [1.82, 2.24) is 19.9 Å². The van der Waals surface area contributed by atoms with E-state index in [-0.39, 0.29) is 18.3 Å². The Morgan fingerprint density at radius 3 is 1.05 bits per heavy atom. The fourth-order valence-corrected chi connectivity index (χ4v) is 16.4. The molecule has 6 nitrogen and oxygen atoms in total. The van der Waals surface area contributed by atoms with Gasteiger partial charge in [-0.25, -0.2) is 9.97 Å². The third-order valence-electron chi connectivity index (χ3n) is 21.9. The first-order chi connectivity index (χ1) is 52.0. The van der Waals surface area contributed by atoms with Crippen LogP contribution in [0.4, 0.5) is 0 Å². The number of nitrogens with zero attached hydrogens (tertiary/aromatic N) is 4. The highest BCUT2D eigenvalue weighted by Crippen LogP contribution is 2.59. The Bertz CT molecular complexity index is 6480. The van der Waals surface area contributed by atoms with Crippen LogP contribution >= 0.6 is 15.9 Å². The Kier molecular flexibility index (Phi) is 15.9. The first kappa shape index (κ1) is 64.5. The highest BCUT2D eigenvalue weighted by Gasteiger charge is 2.51. The minimum Gasteiger partial charge on any atom is -0.399 e. The third-order valence-corrected chi connectivity index (χ3v) is 22.3. The SMILES string of the molecule is Brc1ccc2ccc3cccnc3c2n1.CC1(C)OB(c2ccc(-c3cc(-c4ccccc4)c4c(c3-c3ccccc3)-c3cccc5cccc-4c35)cc2)OC1(C)C.c1ccc(-c2cc(-c3ccc(-c4ccc5ccc6cccnc6c5n4)cc3)c(-c3ccccc3)c3c2-c2cccc4cccc-3c24)cc1. The van der Waals surface area contributed by atoms with Gasteiger partial charge in [-0.1, -0.05) is 291 Å². The van der Waals surface area contributed by atoms with Crippen LogP contribution in [0.5, 0.6) is 0 Å². The molecule has 106 heavy (non-hydrogen) atoms. The summed E-state index contributed by atoms with van der Waals surface area (Å²) < 4.78 is 13.6. The molecule has 1 saturated heterocycles. The molecule has 0 bridgehead atoms. The summed E-state index contributed by atoms with van der Waals surface area (Å²) in [6.45, 7) is 8.40. The quantitative estimate of drug-likeness (QED) is 0.0858. The van der Waals surface area contributed by atoms with Gasteiger partial charge in [-0.05, 0) is 218 Å². The van der Waals surface area contributed by atoms with E-state index in [1.807, 2.05) is 36.5 Å². The number of hydrogen-bond donors (Lipinski definition) is 0. The number of hydrogen-bond acceptors (Lipinski definition) is 6. The van der Waals surface area contributed by atoms with Crippen LogP contribution < -0.4 is 5.46 Å². The second kappa shape index (κ2) is 26.1. The molecule has 4 aromatic heterocycles. The minimum absolute atomic E-state index is 0.378. The Hall–Kier alpha value is -12.3.